The minimum atomic E-state index is 0.114. The molecule has 1 aromatic carbocycles. The van der Waals surface area contributed by atoms with Gasteiger partial charge >= 0.3 is 0 Å². The van der Waals surface area contributed by atoms with Crippen LogP contribution in [0.25, 0.3) is 0 Å². The number of nitrogens with zero attached hydrogens (tertiary/aromatic N) is 3. The molecule has 0 saturated carbocycles. The van der Waals surface area contributed by atoms with Gasteiger partial charge in [-0.05, 0) is 44.4 Å². The Balaban J connectivity index is 1.89. The maximum atomic E-state index is 13.3. The molecule has 0 fully saturated rings. The van der Waals surface area contributed by atoms with Crippen molar-refractivity contribution in [3.8, 4) is 0 Å². The largest absolute Gasteiger partial charge is 0.311 e. The minimum Gasteiger partial charge on any atom is -0.311 e. The Morgan fingerprint density at radius 2 is 2.11 bits per heavy atom. The van der Waals surface area contributed by atoms with E-state index in [9.17, 15) is 4.79 Å². The molecule has 0 N–H and O–H groups in total. The minimum absolute atomic E-state index is 0.114. The van der Waals surface area contributed by atoms with Crippen LogP contribution in [0.2, 0.25) is 5.02 Å². The second-order valence-corrected chi connectivity index (χ2v) is 9.69. The summed E-state index contributed by atoms with van der Waals surface area (Å²) >= 11 is 8.06. The zero-order valence-corrected chi connectivity index (χ0v) is 18.3. The maximum absolute atomic E-state index is 13.3. The van der Waals surface area contributed by atoms with E-state index < -0.39 is 0 Å². The molecule has 0 saturated heterocycles. The second-order valence-electron chi connectivity index (χ2n) is 7.78. The molecule has 0 radical (unpaired) electrons. The lowest BCUT2D eigenvalue weighted by atomic mass is 10.1. The molecule has 2 aromatic rings. The number of halogens is 1. The second kappa shape index (κ2) is 8.27. The molecule has 0 aliphatic carbocycles. The fourth-order valence-electron chi connectivity index (χ4n) is 3.53. The molecule has 1 aliphatic heterocycles. The quantitative estimate of drug-likeness (QED) is 0.695. The normalized spacial score (nSPS) is 17.1. The number of hydrogen-bond acceptors (Lipinski definition) is 3. The third kappa shape index (κ3) is 4.52. The van der Waals surface area contributed by atoms with Gasteiger partial charge in [-0.2, -0.15) is 5.10 Å². The van der Waals surface area contributed by atoms with Crippen LogP contribution in [0.1, 0.15) is 44.1 Å². The molecular weight excluding hydrogens is 378 g/mol. The Morgan fingerprint density at radius 1 is 1.37 bits per heavy atom. The van der Waals surface area contributed by atoms with E-state index in [1.54, 1.807) is 0 Å². The lowest BCUT2D eigenvalue weighted by molar-refractivity contribution is -0.118. The van der Waals surface area contributed by atoms with E-state index in [1.165, 1.54) is 0 Å². The van der Waals surface area contributed by atoms with Crippen LogP contribution >= 0.6 is 23.4 Å². The maximum Gasteiger partial charge on any atom is 0.231 e. The molecule has 146 valence electrons. The zero-order valence-electron chi connectivity index (χ0n) is 16.8. The van der Waals surface area contributed by atoms with Gasteiger partial charge in [-0.1, -0.05) is 32.4 Å². The van der Waals surface area contributed by atoms with Gasteiger partial charge < -0.3 is 4.90 Å². The van der Waals surface area contributed by atoms with Crippen molar-refractivity contribution < 1.29 is 4.79 Å². The van der Waals surface area contributed by atoms with Gasteiger partial charge in [-0.25, -0.2) is 0 Å². The van der Waals surface area contributed by atoms with Gasteiger partial charge in [0, 0.05) is 39.5 Å². The molecule has 0 bridgehead atoms. The number of benzene rings is 1. The van der Waals surface area contributed by atoms with Crippen LogP contribution in [0.3, 0.4) is 0 Å². The van der Waals surface area contributed by atoms with Crippen LogP contribution in [0.15, 0.2) is 23.1 Å². The fourth-order valence-corrected chi connectivity index (χ4v) is 4.79. The number of thioether (sulfide) groups is 1. The number of carbonyl (C=O) groups is 1. The molecule has 27 heavy (non-hydrogen) atoms. The van der Waals surface area contributed by atoms with Crippen molar-refractivity contribution in [2.24, 2.45) is 5.92 Å². The van der Waals surface area contributed by atoms with Gasteiger partial charge in [-0.15, -0.1) is 11.8 Å². The van der Waals surface area contributed by atoms with Crippen LogP contribution in [0.5, 0.6) is 0 Å². The molecule has 2 heterocycles. The Kier molecular flexibility index (Phi) is 6.21. The highest BCUT2D eigenvalue weighted by Crippen LogP contribution is 2.39. The molecule has 1 atom stereocenters. The van der Waals surface area contributed by atoms with Gasteiger partial charge in [0.25, 0.3) is 0 Å². The standard InChI is InChI=1S/C21H28ClN3OS/c1-13(2)12-25-16(5)18(15(4)23-25)11-21(26)24-9-8-14(3)27-20-7-6-17(22)10-19(20)24/h6-7,10,13-14H,8-9,11-12H2,1-5H3. The van der Waals surface area contributed by atoms with Gasteiger partial charge in [0.05, 0.1) is 17.8 Å². The van der Waals surface area contributed by atoms with Crippen molar-refractivity contribution in [2.75, 3.05) is 11.4 Å². The summed E-state index contributed by atoms with van der Waals surface area (Å²) in [4.78, 5) is 16.3. The van der Waals surface area contributed by atoms with Crippen molar-refractivity contribution >= 4 is 35.0 Å². The molecule has 6 heteroatoms. The van der Waals surface area contributed by atoms with Crippen LogP contribution in [0.4, 0.5) is 5.69 Å². The highest BCUT2D eigenvalue weighted by molar-refractivity contribution is 8.00. The van der Waals surface area contributed by atoms with Crippen molar-refractivity contribution in [2.45, 2.75) is 64.2 Å². The first-order chi connectivity index (χ1) is 12.8. The van der Waals surface area contributed by atoms with Gasteiger partial charge in [0.2, 0.25) is 5.91 Å². The number of carbonyl (C=O) groups excluding carboxylic acids is 1. The van der Waals surface area contributed by atoms with Gasteiger partial charge in [0.1, 0.15) is 0 Å². The smallest absolute Gasteiger partial charge is 0.231 e. The van der Waals surface area contributed by atoms with Crippen LogP contribution in [0, 0.1) is 19.8 Å². The third-order valence-electron chi connectivity index (χ3n) is 5.00. The summed E-state index contributed by atoms with van der Waals surface area (Å²) in [5.74, 6) is 0.633. The topological polar surface area (TPSA) is 38.1 Å². The first kappa shape index (κ1) is 20.3. The highest BCUT2D eigenvalue weighted by Gasteiger charge is 2.26. The number of hydrogen-bond donors (Lipinski definition) is 0. The Labute approximate surface area is 171 Å². The average Bonchev–Trinajstić information content (AvgIpc) is 2.75. The average molecular weight is 406 g/mol. The van der Waals surface area contributed by atoms with E-state index in [-0.39, 0.29) is 5.91 Å². The summed E-state index contributed by atoms with van der Waals surface area (Å²) in [6.07, 6.45) is 1.34. The van der Waals surface area contributed by atoms with E-state index in [1.807, 2.05) is 46.5 Å². The van der Waals surface area contributed by atoms with Crippen molar-refractivity contribution in [1.29, 1.82) is 0 Å². The van der Waals surface area contributed by atoms with Crippen molar-refractivity contribution in [3.63, 3.8) is 0 Å². The summed E-state index contributed by atoms with van der Waals surface area (Å²) < 4.78 is 2.04. The van der Waals surface area contributed by atoms with E-state index in [2.05, 4.69) is 32.8 Å². The van der Waals surface area contributed by atoms with Crippen LogP contribution < -0.4 is 4.90 Å². The summed E-state index contributed by atoms with van der Waals surface area (Å²) in [5.41, 5.74) is 4.03. The van der Waals surface area contributed by atoms with E-state index >= 15 is 0 Å². The lowest BCUT2D eigenvalue weighted by Crippen LogP contribution is -2.33. The molecule has 1 aromatic heterocycles. The SMILES string of the molecule is Cc1nn(CC(C)C)c(C)c1CC(=O)N1CCC(C)Sc2ccc(Cl)cc21. The summed E-state index contributed by atoms with van der Waals surface area (Å²) in [7, 11) is 0. The Morgan fingerprint density at radius 3 is 2.81 bits per heavy atom. The fraction of sp³-hybridized carbons (Fsp3) is 0.524. The van der Waals surface area contributed by atoms with Crippen LogP contribution in [-0.2, 0) is 17.8 Å². The van der Waals surface area contributed by atoms with Crippen LogP contribution in [-0.4, -0.2) is 27.5 Å². The number of aromatic nitrogens is 2. The third-order valence-corrected chi connectivity index (χ3v) is 6.47. The molecule has 1 amide bonds. The molecule has 1 aliphatic rings. The summed E-state index contributed by atoms with van der Waals surface area (Å²) in [5, 5.41) is 5.80. The van der Waals surface area contributed by atoms with Gasteiger partial charge in [0.15, 0.2) is 0 Å². The predicted octanol–water partition coefficient (Wildman–Crippen LogP) is 5.27. The Hall–Kier alpha value is -1.46. The summed E-state index contributed by atoms with van der Waals surface area (Å²) in [6.45, 7) is 12.2. The molecule has 1 unspecified atom stereocenters. The number of anilines is 1. The highest BCUT2D eigenvalue weighted by atomic mass is 35.5. The zero-order chi connectivity index (χ0) is 19.7. The van der Waals surface area contributed by atoms with E-state index in [0.29, 0.717) is 22.6 Å². The number of amides is 1. The number of fused-ring (bicyclic) bond motifs is 1. The molecular formula is C21H28ClN3OS. The number of aryl methyl sites for hydroxylation is 1. The molecule has 4 nitrogen and oxygen atoms in total. The number of rotatable bonds is 4. The Bertz CT molecular complexity index is 846. The summed E-state index contributed by atoms with van der Waals surface area (Å²) in [6, 6.07) is 5.85. The van der Waals surface area contributed by atoms with E-state index in [0.717, 1.165) is 47.0 Å². The van der Waals surface area contributed by atoms with Gasteiger partial charge in [-0.3, -0.25) is 9.48 Å². The first-order valence-corrected chi connectivity index (χ1v) is 10.8. The predicted molar refractivity (Wildman–Crippen MR) is 114 cm³/mol. The van der Waals surface area contributed by atoms with Crippen molar-refractivity contribution in [1.82, 2.24) is 9.78 Å². The monoisotopic (exact) mass is 405 g/mol. The first-order valence-electron chi connectivity index (χ1n) is 9.55. The molecule has 3 rings (SSSR count). The lowest BCUT2D eigenvalue weighted by Gasteiger charge is -2.23. The van der Waals surface area contributed by atoms with E-state index in [4.69, 9.17) is 11.6 Å². The molecule has 0 spiro atoms. The van der Waals surface area contributed by atoms with Crippen molar-refractivity contribution in [3.05, 3.63) is 40.2 Å².